The second-order valence-electron chi connectivity index (χ2n) is 3.49. The fourth-order valence-electron chi connectivity index (χ4n) is 1.34. The van der Waals surface area contributed by atoms with E-state index in [2.05, 4.69) is 0 Å². The van der Waals surface area contributed by atoms with Crippen LogP contribution in [0.4, 0.5) is 0 Å². The molecule has 0 saturated heterocycles. The molecule has 3 nitrogen and oxygen atoms in total. The summed E-state index contributed by atoms with van der Waals surface area (Å²) in [5.41, 5.74) is 5.90. The topological polar surface area (TPSA) is 63.3 Å². The van der Waals surface area contributed by atoms with Gasteiger partial charge >= 0.3 is 5.97 Å². The summed E-state index contributed by atoms with van der Waals surface area (Å²) in [5.74, 6) is -0.786. The molecule has 0 atom stereocenters. The summed E-state index contributed by atoms with van der Waals surface area (Å²) in [5, 5.41) is 8.33. The number of nitrogens with two attached hydrogens (primary N) is 1. The minimum Gasteiger partial charge on any atom is -0.481 e. The minimum atomic E-state index is -0.786. The first-order valence-corrected chi connectivity index (χ1v) is 4.28. The molecule has 0 aromatic rings. The Morgan fingerprint density at radius 3 is 2.58 bits per heavy atom. The second-order valence-corrected chi connectivity index (χ2v) is 3.49. The van der Waals surface area contributed by atoms with Crippen molar-refractivity contribution in [2.75, 3.05) is 0 Å². The molecule has 0 unspecified atom stereocenters. The van der Waals surface area contributed by atoms with Crippen LogP contribution in [-0.2, 0) is 4.79 Å². The van der Waals surface area contributed by atoms with Crippen LogP contribution in [-0.4, -0.2) is 16.6 Å². The SMILES string of the molecule is NC1(C/C=C/CC(=O)O)CCC1. The Hall–Kier alpha value is -0.830. The predicted octanol–water partition coefficient (Wildman–Crippen LogP) is 1.29. The monoisotopic (exact) mass is 169 g/mol. The Balaban J connectivity index is 2.16. The number of hydrogen-bond acceptors (Lipinski definition) is 2. The highest BCUT2D eigenvalue weighted by molar-refractivity contribution is 5.68. The molecule has 12 heavy (non-hydrogen) atoms. The highest BCUT2D eigenvalue weighted by atomic mass is 16.4. The van der Waals surface area contributed by atoms with Crippen molar-refractivity contribution in [3.8, 4) is 0 Å². The van der Waals surface area contributed by atoms with E-state index in [0.717, 1.165) is 19.3 Å². The normalized spacial score (nSPS) is 20.8. The van der Waals surface area contributed by atoms with E-state index in [0.29, 0.717) is 0 Å². The lowest BCUT2D eigenvalue weighted by atomic mass is 9.75. The summed E-state index contributed by atoms with van der Waals surface area (Å²) in [6.45, 7) is 0. The third-order valence-corrected chi connectivity index (χ3v) is 2.33. The lowest BCUT2D eigenvalue weighted by Crippen LogP contribution is -2.45. The first kappa shape index (κ1) is 9.26. The van der Waals surface area contributed by atoms with Crippen LogP contribution in [0.25, 0.3) is 0 Å². The molecule has 1 rings (SSSR count). The molecule has 68 valence electrons. The molecule has 0 aromatic carbocycles. The molecule has 0 spiro atoms. The van der Waals surface area contributed by atoms with Gasteiger partial charge in [0.2, 0.25) is 0 Å². The van der Waals surface area contributed by atoms with Crippen molar-refractivity contribution in [2.45, 2.75) is 37.6 Å². The van der Waals surface area contributed by atoms with Gasteiger partial charge in [0.25, 0.3) is 0 Å². The molecule has 0 aromatic heterocycles. The van der Waals surface area contributed by atoms with Crippen LogP contribution in [0.3, 0.4) is 0 Å². The van der Waals surface area contributed by atoms with Crippen LogP contribution < -0.4 is 5.73 Å². The standard InChI is InChI=1S/C9H15NO2/c10-9(6-3-7-9)5-2-1-4-8(11)12/h1-2H,3-7,10H2,(H,11,12)/b2-1+. The Morgan fingerprint density at radius 1 is 1.50 bits per heavy atom. The maximum absolute atomic E-state index is 10.1. The number of rotatable bonds is 4. The number of carboxylic acids is 1. The van der Waals surface area contributed by atoms with Crippen molar-refractivity contribution in [3.63, 3.8) is 0 Å². The highest BCUT2D eigenvalue weighted by Crippen LogP contribution is 2.32. The Kier molecular flexibility index (Phi) is 2.87. The van der Waals surface area contributed by atoms with Crippen molar-refractivity contribution in [1.82, 2.24) is 0 Å². The van der Waals surface area contributed by atoms with Gasteiger partial charge in [-0.1, -0.05) is 12.2 Å². The highest BCUT2D eigenvalue weighted by Gasteiger charge is 2.30. The Labute approximate surface area is 72.3 Å². The van der Waals surface area contributed by atoms with Crippen molar-refractivity contribution >= 4 is 5.97 Å². The fourth-order valence-corrected chi connectivity index (χ4v) is 1.34. The molecule has 1 aliphatic rings. The number of hydrogen-bond donors (Lipinski definition) is 2. The Morgan fingerprint density at radius 2 is 2.17 bits per heavy atom. The van der Waals surface area contributed by atoms with Crippen LogP contribution in [0, 0.1) is 0 Å². The zero-order valence-electron chi connectivity index (χ0n) is 7.12. The van der Waals surface area contributed by atoms with Gasteiger partial charge < -0.3 is 10.8 Å². The summed E-state index contributed by atoms with van der Waals surface area (Å²) < 4.78 is 0. The van der Waals surface area contributed by atoms with E-state index in [1.54, 1.807) is 6.08 Å². The van der Waals surface area contributed by atoms with Crippen LogP contribution in [0.5, 0.6) is 0 Å². The van der Waals surface area contributed by atoms with E-state index in [1.165, 1.54) is 6.42 Å². The number of carboxylic acid groups (broad SMARTS) is 1. The van der Waals surface area contributed by atoms with Gasteiger partial charge in [0.1, 0.15) is 0 Å². The van der Waals surface area contributed by atoms with E-state index in [4.69, 9.17) is 10.8 Å². The predicted molar refractivity (Wildman–Crippen MR) is 46.8 cm³/mol. The van der Waals surface area contributed by atoms with Crippen molar-refractivity contribution < 1.29 is 9.90 Å². The molecule has 0 amide bonds. The molecule has 0 heterocycles. The van der Waals surface area contributed by atoms with E-state index in [9.17, 15) is 4.79 Å². The van der Waals surface area contributed by atoms with Gasteiger partial charge in [-0.15, -0.1) is 0 Å². The molecule has 0 aliphatic heterocycles. The zero-order valence-corrected chi connectivity index (χ0v) is 7.12. The quantitative estimate of drug-likeness (QED) is 0.623. The molecule has 3 N–H and O–H groups in total. The molecule has 1 fully saturated rings. The van der Waals surface area contributed by atoms with Crippen LogP contribution >= 0.6 is 0 Å². The summed E-state index contributed by atoms with van der Waals surface area (Å²) in [7, 11) is 0. The van der Waals surface area contributed by atoms with Gasteiger partial charge in [0.15, 0.2) is 0 Å². The van der Waals surface area contributed by atoms with E-state index >= 15 is 0 Å². The fraction of sp³-hybridized carbons (Fsp3) is 0.667. The second kappa shape index (κ2) is 3.72. The van der Waals surface area contributed by atoms with Gasteiger partial charge in [-0.25, -0.2) is 0 Å². The zero-order chi connectivity index (χ0) is 9.03. The van der Waals surface area contributed by atoms with Gasteiger partial charge in [0.05, 0.1) is 6.42 Å². The maximum atomic E-state index is 10.1. The number of carbonyl (C=O) groups is 1. The Bertz CT molecular complexity index is 195. The molecular weight excluding hydrogens is 154 g/mol. The van der Waals surface area contributed by atoms with Gasteiger partial charge in [-0.3, -0.25) is 4.79 Å². The first-order valence-electron chi connectivity index (χ1n) is 4.28. The summed E-state index contributed by atoms with van der Waals surface area (Å²) in [4.78, 5) is 10.1. The van der Waals surface area contributed by atoms with Crippen LogP contribution in [0.1, 0.15) is 32.1 Å². The van der Waals surface area contributed by atoms with Crippen molar-refractivity contribution in [2.24, 2.45) is 5.73 Å². The van der Waals surface area contributed by atoms with Crippen molar-refractivity contribution in [1.29, 1.82) is 0 Å². The lowest BCUT2D eigenvalue weighted by Gasteiger charge is -2.37. The first-order chi connectivity index (χ1) is 5.62. The minimum absolute atomic E-state index is 0.0188. The molecule has 1 saturated carbocycles. The third-order valence-electron chi connectivity index (χ3n) is 2.33. The molecule has 0 bridgehead atoms. The summed E-state index contributed by atoms with van der Waals surface area (Å²) in [6.07, 6.45) is 7.84. The summed E-state index contributed by atoms with van der Waals surface area (Å²) in [6, 6.07) is 0. The maximum Gasteiger partial charge on any atom is 0.307 e. The lowest BCUT2D eigenvalue weighted by molar-refractivity contribution is -0.136. The average Bonchev–Trinajstić information content (AvgIpc) is 1.94. The average molecular weight is 169 g/mol. The third kappa shape index (κ3) is 2.66. The number of aliphatic carboxylic acids is 1. The van der Waals surface area contributed by atoms with Crippen LogP contribution in [0.2, 0.25) is 0 Å². The van der Waals surface area contributed by atoms with Crippen LogP contribution in [0.15, 0.2) is 12.2 Å². The van der Waals surface area contributed by atoms with Gasteiger partial charge in [-0.05, 0) is 25.7 Å². The smallest absolute Gasteiger partial charge is 0.307 e. The van der Waals surface area contributed by atoms with Gasteiger partial charge in [-0.2, -0.15) is 0 Å². The largest absolute Gasteiger partial charge is 0.481 e. The van der Waals surface area contributed by atoms with E-state index in [1.807, 2.05) is 6.08 Å². The van der Waals surface area contributed by atoms with Gasteiger partial charge in [0, 0.05) is 5.54 Å². The molecule has 0 radical (unpaired) electrons. The molecule has 1 aliphatic carbocycles. The molecule has 3 heteroatoms. The van der Waals surface area contributed by atoms with Crippen molar-refractivity contribution in [3.05, 3.63) is 12.2 Å². The molecular formula is C9H15NO2. The van der Waals surface area contributed by atoms with E-state index < -0.39 is 5.97 Å². The van der Waals surface area contributed by atoms with E-state index in [-0.39, 0.29) is 12.0 Å². The summed E-state index contributed by atoms with van der Waals surface area (Å²) >= 11 is 0.